The molecular weight excluding hydrogens is 559 g/mol. The van der Waals surface area contributed by atoms with E-state index in [0.717, 1.165) is 24.6 Å². The summed E-state index contributed by atoms with van der Waals surface area (Å²) < 4.78 is 66.1. The van der Waals surface area contributed by atoms with Gasteiger partial charge in [0, 0.05) is 37.2 Å². The second-order valence-electron chi connectivity index (χ2n) is 11.0. The number of benzene rings is 2. The summed E-state index contributed by atoms with van der Waals surface area (Å²) in [4.78, 5) is 42.4. The van der Waals surface area contributed by atoms with Crippen molar-refractivity contribution in [2.24, 2.45) is 5.92 Å². The van der Waals surface area contributed by atoms with E-state index in [2.05, 4.69) is 5.32 Å². The zero-order valence-electron chi connectivity index (χ0n) is 22.3. The van der Waals surface area contributed by atoms with Crippen LogP contribution in [0.2, 0.25) is 0 Å². The van der Waals surface area contributed by atoms with Gasteiger partial charge < -0.3 is 15.1 Å². The van der Waals surface area contributed by atoms with E-state index in [1.54, 1.807) is 23.1 Å². The molecule has 1 aliphatic carbocycles. The van der Waals surface area contributed by atoms with Crippen LogP contribution in [-0.4, -0.2) is 72.9 Å². The van der Waals surface area contributed by atoms with Crippen LogP contribution in [0.25, 0.3) is 0 Å². The monoisotopic (exact) mass is 591 g/mol. The quantitative estimate of drug-likeness (QED) is 0.530. The van der Waals surface area contributed by atoms with Gasteiger partial charge in [0.15, 0.2) is 9.84 Å². The van der Waals surface area contributed by atoms with E-state index in [4.69, 9.17) is 0 Å². The molecule has 3 unspecified atom stereocenters. The highest BCUT2D eigenvalue weighted by Gasteiger charge is 2.45. The van der Waals surface area contributed by atoms with E-state index >= 15 is 0 Å². The van der Waals surface area contributed by atoms with E-state index in [-0.39, 0.29) is 47.0 Å². The molecule has 220 valence electrons. The number of alkyl halides is 3. The number of hydrogen-bond donors (Lipinski definition) is 1. The third-order valence-electron chi connectivity index (χ3n) is 8.40. The second-order valence-corrected chi connectivity index (χ2v) is 13.0. The van der Waals surface area contributed by atoms with Crippen LogP contribution in [0.4, 0.5) is 13.2 Å². The van der Waals surface area contributed by atoms with Crippen molar-refractivity contribution in [2.75, 3.05) is 18.8 Å². The molecule has 2 aromatic rings. The van der Waals surface area contributed by atoms with Crippen molar-refractivity contribution in [1.82, 2.24) is 15.1 Å². The maximum absolute atomic E-state index is 13.5. The Morgan fingerprint density at radius 2 is 1.71 bits per heavy atom. The molecule has 41 heavy (non-hydrogen) atoms. The van der Waals surface area contributed by atoms with Crippen LogP contribution >= 0.6 is 0 Å². The summed E-state index contributed by atoms with van der Waals surface area (Å²) >= 11 is 0. The van der Waals surface area contributed by atoms with Crippen molar-refractivity contribution in [1.29, 1.82) is 0 Å². The molecule has 3 aliphatic rings. The molecule has 0 aromatic heterocycles. The number of halogens is 3. The van der Waals surface area contributed by atoms with Crippen molar-refractivity contribution in [3.63, 3.8) is 0 Å². The fourth-order valence-electron chi connectivity index (χ4n) is 6.40. The maximum atomic E-state index is 13.5. The molecule has 2 heterocycles. The van der Waals surface area contributed by atoms with E-state index in [1.807, 2.05) is 4.90 Å². The number of amides is 3. The minimum Gasteiger partial charge on any atom is -0.340 e. The summed E-state index contributed by atoms with van der Waals surface area (Å²) in [5.41, 5.74) is -1.16. The lowest BCUT2D eigenvalue weighted by molar-refractivity contribution is -0.137. The first-order chi connectivity index (χ1) is 19.4. The predicted molar refractivity (Wildman–Crippen MR) is 143 cm³/mol. The fourth-order valence-corrected chi connectivity index (χ4v) is 8.09. The zero-order chi connectivity index (χ0) is 29.4. The van der Waals surface area contributed by atoms with Crippen LogP contribution in [0.3, 0.4) is 0 Å². The summed E-state index contributed by atoms with van der Waals surface area (Å²) in [6.45, 7) is 0.921. The van der Waals surface area contributed by atoms with Gasteiger partial charge in [-0.15, -0.1) is 0 Å². The Morgan fingerprint density at radius 1 is 0.951 bits per heavy atom. The predicted octanol–water partition coefficient (Wildman–Crippen LogP) is 3.67. The number of nitrogens with zero attached hydrogens (tertiary/aromatic N) is 2. The third kappa shape index (κ3) is 6.27. The Kier molecular flexibility index (Phi) is 8.13. The Labute approximate surface area is 236 Å². The first-order valence-corrected chi connectivity index (χ1v) is 15.4. The van der Waals surface area contributed by atoms with E-state index < -0.39 is 45.5 Å². The zero-order valence-corrected chi connectivity index (χ0v) is 23.2. The van der Waals surface area contributed by atoms with Gasteiger partial charge in [-0.05, 0) is 68.4 Å². The molecule has 3 fully saturated rings. The van der Waals surface area contributed by atoms with Crippen molar-refractivity contribution in [2.45, 2.75) is 67.7 Å². The number of rotatable bonds is 7. The van der Waals surface area contributed by atoms with Gasteiger partial charge in [-0.3, -0.25) is 14.4 Å². The molecule has 3 amide bonds. The van der Waals surface area contributed by atoms with Crippen LogP contribution in [0, 0.1) is 5.92 Å². The molecule has 2 aliphatic heterocycles. The highest BCUT2D eigenvalue weighted by molar-refractivity contribution is 7.91. The highest BCUT2D eigenvalue weighted by atomic mass is 32.2. The van der Waals surface area contributed by atoms with E-state index in [0.29, 0.717) is 32.2 Å². The Morgan fingerprint density at radius 3 is 2.39 bits per heavy atom. The molecule has 8 nitrogen and oxygen atoms in total. The first-order valence-electron chi connectivity index (χ1n) is 13.8. The maximum Gasteiger partial charge on any atom is 0.416 e. The lowest BCUT2D eigenvalue weighted by Crippen LogP contribution is -2.53. The number of hydrogen-bond acceptors (Lipinski definition) is 5. The Hall–Kier alpha value is -3.41. The number of nitrogens with one attached hydrogen (secondary N) is 1. The molecule has 0 radical (unpaired) electrons. The molecule has 1 N–H and O–H groups in total. The minimum atomic E-state index is -4.61. The van der Waals surface area contributed by atoms with Gasteiger partial charge in [-0.1, -0.05) is 24.3 Å². The average molecular weight is 592 g/mol. The normalized spacial score (nSPS) is 25.5. The van der Waals surface area contributed by atoms with Gasteiger partial charge in [-0.25, -0.2) is 8.42 Å². The fraction of sp³-hybridized carbons (Fsp3) is 0.483. The van der Waals surface area contributed by atoms with Gasteiger partial charge in [0.1, 0.15) is 6.04 Å². The summed E-state index contributed by atoms with van der Waals surface area (Å²) in [7, 11) is -3.69. The Bertz CT molecular complexity index is 1420. The molecule has 0 bridgehead atoms. The average Bonchev–Trinajstić information content (AvgIpc) is 3.53. The highest BCUT2D eigenvalue weighted by Crippen LogP contribution is 2.37. The molecule has 2 aromatic carbocycles. The van der Waals surface area contributed by atoms with Crippen molar-refractivity contribution in [3.8, 4) is 0 Å². The summed E-state index contributed by atoms with van der Waals surface area (Å²) in [5.74, 6) is -1.73. The van der Waals surface area contributed by atoms with Gasteiger partial charge in [0.2, 0.25) is 11.8 Å². The van der Waals surface area contributed by atoms with Crippen LogP contribution in [0.15, 0.2) is 59.5 Å². The van der Waals surface area contributed by atoms with Crippen LogP contribution < -0.4 is 5.32 Å². The van der Waals surface area contributed by atoms with Gasteiger partial charge in [-0.2, -0.15) is 13.2 Å². The third-order valence-corrected chi connectivity index (χ3v) is 10.3. The van der Waals surface area contributed by atoms with Crippen LogP contribution in [0.1, 0.15) is 54.4 Å². The van der Waals surface area contributed by atoms with E-state index in [1.165, 1.54) is 18.2 Å². The summed E-state index contributed by atoms with van der Waals surface area (Å²) in [5, 5.41) is 2.57. The molecule has 0 spiro atoms. The Balaban J connectivity index is 1.33. The molecule has 1 saturated carbocycles. The SMILES string of the molecule is O=C(NC1CCN(C2CCC(N3CCCC3=O)C[C@H]2CS(=O)(=O)c2ccccc2)C1=O)c1cccc(C(F)(F)F)c1. The topological polar surface area (TPSA) is 104 Å². The van der Waals surface area contributed by atoms with Crippen molar-refractivity contribution in [3.05, 3.63) is 65.7 Å². The number of carbonyl (C=O) groups excluding carboxylic acids is 3. The lowest BCUT2D eigenvalue weighted by Gasteiger charge is -2.43. The van der Waals surface area contributed by atoms with Crippen molar-refractivity contribution >= 4 is 27.6 Å². The smallest absolute Gasteiger partial charge is 0.340 e. The second kappa shape index (κ2) is 11.5. The summed E-state index contributed by atoms with van der Waals surface area (Å²) in [6.07, 6.45) is -1.54. The number of carbonyl (C=O) groups is 3. The molecule has 5 rings (SSSR count). The number of likely N-dealkylation sites (tertiary alicyclic amines) is 2. The molecule has 4 atom stereocenters. The van der Waals surface area contributed by atoms with Crippen molar-refractivity contribution < 1.29 is 36.0 Å². The molecule has 12 heteroatoms. The largest absolute Gasteiger partial charge is 0.416 e. The minimum absolute atomic E-state index is 0.0627. The van der Waals surface area contributed by atoms with Gasteiger partial charge in [0.25, 0.3) is 5.91 Å². The molecule has 2 saturated heterocycles. The lowest BCUT2D eigenvalue weighted by atomic mass is 9.81. The van der Waals surface area contributed by atoms with Gasteiger partial charge >= 0.3 is 6.18 Å². The number of sulfone groups is 1. The van der Waals surface area contributed by atoms with Gasteiger partial charge in [0.05, 0.1) is 16.2 Å². The molecular formula is C29H32F3N3O5S. The van der Waals surface area contributed by atoms with Crippen LogP contribution in [0.5, 0.6) is 0 Å². The van der Waals surface area contributed by atoms with E-state index in [9.17, 15) is 36.0 Å². The standard InChI is InChI=1S/C29H32F3N3O5S/c30-29(31,32)21-7-4-6-19(16-21)27(37)33-24-13-15-35(28(24)38)25-12-11-22(34-14-5-10-26(34)36)17-20(25)18-41(39,40)23-8-2-1-3-9-23/h1-4,6-9,16,20,22,24-25H,5,10-15,17-18H2,(H,33,37)/t20-,22?,24?,25?/m0/s1. The first kappa shape index (κ1) is 29.1. The van der Waals surface area contributed by atoms with Crippen LogP contribution in [-0.2, 0) is 25.6 Å². The summed E-state index contributed by atoms with van der Waals surface area (Å²) in [6, 6.07) is 10.7.